The Kier molecular flexibility index (Phi) is 5.28. The van der Waals surface area contributed by atoms with Crippen LogP contribution in [0.15, 0.2) is 46.8 Å². The molecule has 2 aliphatic rings. The molecule has 1 aromatic carbocycles. The van der Waals surface area contributed by atoms with E-state index in [1.807, 2.05) is 31.2 Å². The molecule has 1 N–H and O–H groups in total. The van der Waals surface area contributed by atoms with Gasteiger partial charge in [-0.1, -0.05) is 32.0 Å². The lowest BCUT2D eigenvalue weighted by Crippen LogP contribution is -2.38. The molecule has 3 rings (SSSR count). The van der Waals surface area contributed by atoms with Crippen LogP contribution in [0.3, 0.4) is 0 Å². The Morgan fingerprint density at radius 3 is 2.65 bits per heavy atom. The molecule has 0 radical (unpaired) electrons. The van der Waals surface area contributed by atoms with Gasteiger partial charge in [-0.15, -0.1) is 0 Å². The van der Waals surface area contributed by atoms with Gasteiger partial charge < -0.3 is 10.1 Å². The monoisotopic (exact) mass is 465 g/mol. The van der Waals surface area contributed by atoms with Crippen molar-refractivity contribution in [2.45, 2.75) is 46.5 Å². The molecule has 0 bridgehead atoms. The first-order valence-electron chi connectivity index (χ1n) is 8.90. The number of ketones is 1. The summed E-state index contributed by atoms with van der Waals surface area (Å²) in [7, 11) is 0. The maximum atomic E-state index is 13.1. The molecule has 26 heavy (non-hydrogen) atoms. The van der Waals surface area contributed by atoms with Gasteiger partial charge in [0, 0.05) is 32.9 Å². The molecule has 0 fully saturated rings. The Balaban J connectivity index is 2.21. The number of allylic oxidation sites excluding steroid dienone is 3. The summed E-state index contributed by atoms with van der Waals surface area (Å²) in [6.07, 6.45) is 1.28. The molecule has 1 aromatic rings. The number of rotatable bonds is 3. The van der Waals surface area contributed by atoms with Crippen LogP contribution in [0.1, 0.15) is 52.0 Å². The molecule has 0 saturated heterocycles. The number of benzene rings is 1. The van der Waals surface area contributed by atoms with Crippen LogP contribution in [-0.2, 0) is 14.3 Å². The number of nitrogens with one attached hydrogen (secondary N) is 1. The fourth-order valence-corrected chi connectivity index (χ4v) is 4.63. The summed E-state index contributed by atoms with van der Waals surface area (Å²) in [5.74, 6) is -0.615. The van der Waals surface area contributed by atoms with E-state index in [0.29, 0.717) is 18.6 Å². The molecule has 0 amide bonds. The van der Waals surface area contributed by atoms with Crippen molar-refractivity contribution in [2.24, 2.45) is 5.41 Å². The Morgan fingerprint density at radius 1 is 1.31 bits per heavy atom. The second-order valence-corrected chi connectivity index (χ2v) is 8.83. The number of hydrogen-bond donors (Lipinski definition) is 1. The van der Waals surface area contributed by atoms with Crippen LogP contribution in [0.2, 0.25) is 0 Å². The van der Waals surface area contributed by atoms with Crippen LogP contribution >= 0.6 is 22.6 Å². The van der Waals surface area contributed by atoms with Gasteiger partial charge in [0.05, 0.1) is 12.2 Å². The van der Waals surface area contributed by atoms with Crippen LogP contribution in [0.5, 0.6) is 0 Å². The molecular weight excluding hydrogens is 441 g/mol. The summed E-state index contributed by atoms with van der Waals surface area (Å²) in [6.45, 7) is 8.21. The van der Waals surface area contributed by atoms with Gasteiger partial charge in [0.15, 0.2) is 5.78 Å². The largest absolute Gasteiger partial charge is 0.463 e. The van der Waals surface area contributed by atoms with Crippen LogP contribution in [0.4, 0.5) is 0 Å². The standard InChI is InChI=1S/C21H24INO3/c1-5-26-20(25)17-12(2)23-15-10-21(3,4)11-16(24)19(15)18(17)13-8-6-7-9-14(13)22/h6-9,18,23H,5,10-11H2,1-4H3/t18-/m1/s1. The molecule has 138 valence electrons. The zero-order valence-corrected chi connectivity index (χ0v) is 17.8. The Morgan fingerprint density at radius 2 is 2.00 bits per heavy atom. The molecule has 1 heterocycles. The Labute approximate surface area is 168 Å². The molecule has 4 nitrogen and oxygen atoms in total. The van der Waals surface area contributed by atoms with Gasteiger partial charge in [0.25, 0.3) is 0 Å². The molecular formula is C21H24INO3. The van der Waals surface area contributed by atoms with Crippen molar-refractivity contribution in [2.75, 3.05) is 6.61 Å². The fourth-order valence-electron chi connectivity index (χ4n) is 3.94. The Hall–Kier alpha value is -1.63. The van der Waals surface area contributed by atoms with Gasteiger partial charge in [-0.05, 0) is 59.9 Å². The minimum Gasteiger partial charge on any atom is -0.463 e. The highest BCUT2D eigenvalue weighted by Crippen LogP contribution is 2.47. The molecule has 0 aromatic heterocycles. The van der Waals surface area contributed by atoms with Crippen LogP contribution in [0.25, 0.3) is 0 Å². The molecule has 0 saturated carbocycles. The number of carbonyl (C=O) groups excluding carboxylic acids is 2. The van der Waals surface area contributed by atoms with Crippen molar-refractivity contribution in [3.05, 3.63) is 55.9 Å². The zero-order valence-electron chi connectivity index (χ0n) is 15.6. The topological polar surface area (TPSA) is 55.4 Å². The first kappa shape index (κ1) is 19.1. The van der Waals surface area contributed by atoms with Crippen molar-refractivity contribution < 1.29 is 14.3 Å². The molecule has 1 atom stereocenters. The minimum atomic E-state index is -0.373. The average molecular weight is 465 g/mol. The Bertz CT molecular complexity index is 835. The van der Waals surface area contributed by atoms with Gasteiger partial charge in [-0.3, -0.25) is 4.79 Å². The molecule has 1 aliphatic carbocycles. The minimum absolute atomic E-state index is 0.0843. The summed E-state index contributed by atoms with van der Waals surface area (Å²) >= 11 is 2.27. The summed E-state index contributed by atoms with van der Waals surface area (Å²) in [5.41, 5.74) is 3.89. The number of Topliss-reactive ketones (excluding diaryl/α,β-unsaturated/α-hetero) is 1. The van der Waals surface area contributed by atoms with E-state index in [-0.39, 0.29) is 23.1 Å². The lowest BCUT2D eigenvalue weighted by molar-refractivity contribution is -0.138. The van der Waals surface area contributed by atoms with Crippen molar-refractivity contribution in [1.29, 1.82) is 0 Å². The lowest BCUT2D eigenvalue weighted by atomic mass is 9.68. The van der Waals surface area contributed by atoms with E-state index in [9.17, 15) is 9.59 Å². The fraction of sp³-hybridized carbons (Fsp3) is 0.429. The van der Waals surface area contributed by atoms with Gasteiger partial charge in [-0.2, -0.15) is 0 Å². The van der Waals surface area contributed by atoms with Crippen molar-refractivity contribution in [3.63, 3.8) is 0 Å². The maximum absolute atomic E-state index is 13.1. The van der Waals surface area contributed by atoms with E-state index >= 15 is 0 Å². The number of hydrogen-bond acceptors (Lipinski definition) is 4. The number of ether oxygens (including phenoxy) is 1. The SMILES string of the molecule is CCOC(=O)C1=C(C)NC2=C(C(=O)CC(C)(C)C2)[C@@H]1c1ccccc1I. The second-order valence-electron chi connectivity index (χ2n) is 7.67. The summed E-state index contributed by atoms with van der Waals surface area (Å²) in [5, 5.41) is 3.35. The van der Waals surface area contributed by atoms with Gasteiger partial charge in [-0.25, -0.2) is 4.79 Å². The zero-order chi connectivity index (χ0) is 19.1. The molecule has 5 heteroatoms. The van der Waals surface area contributed by atoms with E-state index in [2.05, 4.69) is 41.8 Å². The first-order valence-corrected chi connectivity index (χ1v) is 9.98. The van der Waals surface area contributed by atoms with E-state index in [4.69, 9.17) is 4.74 Å². The molecule has 0 spiro atoms. The van der Waals surface area contributed by atoms with Gasteiger partial charge >= 0.3 is 5.97 Å². The predicted octanol–water partition coefficient (Wildman–Crippen LogP) is 4.46. The summed E-state index contributed by atoms with van der Waals surface area (Å²) in [6, 6.07) is 7.93. The van der Waals surface area contributed by atoms with Gasteiger partial charge in [0.1, 0.15) is 0 Å². The molecule has 0 unspecified atom stereocenters. The normalized spacial score (nSPS) is 22.0. The number of carbonyl (C=O) groups is 2. The van der Waals surface area contributed by atoms with Crippen molar-refractivity contribution in [3.8, 4) is 0 Å². The second kappa shape index (κ2) is 7.18. The third-order valence-corrected chi connectivity index (χ3v) is 5.93. The maximum Gasteiger partial charge on any atom is 0.336 e. The van der Waals surface area contributed by atoms with E-state index in [1.165, 1.54) is 0 Å². The summed E-state index contributed by atoms with van der Waals surface area (Å²) in [4.78, 5) is 25.9. The quantitative estimate of drug-likeness (QED) is 0.529. The smallest absolute Gasteiger partial charge is 0.336 e. The first-order chi connectivity index (χ1) is 12.2. The van der Waals surface area contributed by atoms with E-state index < -0.39 is 0 Å². The van der Waals surface area contributed by atoms with Crippen LogP contribution in [0, 0.1) is 8.99 Å². The number of halogens is 1. The predicted molar refractivity (Wildman–Crippen MR) is 109 cm³/mol. The number of esters is 1. The number of dihydropyridines is 1. The highest BCUT2D eigenvalue weighted by molar-refractivity contribution is 14.1. The molecule has 1 aliphatic heterocycles. The van der Waals surface area contributed by atoms with Crippen LogP contribution < -0.4 is 5.32 Å². The van der Waals surface area contributed by atoms with Crippen molar-refractivity contribution in [1.82, 2.24) is 5.32 Å². The lowest BCUT2D eigenvalue weighted by Gasteiger charge is -2.39. The average Bonchev–Trinajstić information content (AvgIpc) is 2.53. The van der Waals surface area contributed by atoms with Crippen molar-refractivity contribution >= 4 is 34.3 Å². The highest BCUT2D eigenvalue weighted by Gasteiger charge is 2.43. The van der Waals surface area contributed by atoms with Gasteiger partial charge in [0.2, 0.25) is 0 Å². The van der Waals surface area contributed by atoms with Crippen LogP contribution in [-0.4, -0.2) is 18.4 Å². The third-order valence-electron chi connectivity index (χ3n) is 4.95. The summed E-state index contributed by atoms with van der Waals surface area (Å²) < 4.78 is 6.36. The highest BCUT2D eigenvalue weighted by atomic mass is 127. The van der Waals surface area contributed by atoms with E-state index in [0.717, 1.165) is 32.5 Å². The van der Waals surface area contributed by atoms with E-state index in [1.54, 1.807) is 6.92 Å². The third kappa shape index (κ3) is 3.46.